The fourth-order valence-corrected chi connectivity index (χ4v) is 3.77. The summed E-state index contributed by atoms with van der Waals surface area (Å²) in [5, 5.41) is 11.3. The summed E-state index contributed by atoms with van der Waals surface area (Å²) in [5.74, 6) is 0.641. The van der Waals surface area contributed by atoms with Gasteiger partial charge < -0.3 is 9.73 Å². The van der Waals surface area contributed by atoms with Crippen molar-refractivity contribution in [2.75, 3.05) is 0 Å². The smallest absolute Gasteiger partial charge is 0.280 e. The van der Waals surface area contributed by atoms with E-state index in [9.17, 15) is 4.79 Å². The number of hydrogen-bond donors (Lipinski definition) is 1. The maximum absolute atomic E-state index is 12.3. The number of benzene rings is 1. The van der Waals surface area contributed by atoms with E-state index < -0.39 is 0 Å². The summed E-state index contributed by atoms with van der Waals surface area (Å²) in [4.78, 5) is 18.0. The molecule has 0 bridgehead atoms. The van der Waals surface area contributed by atoms with E-state index >= 15 is 0 Å². The Hall–Kier alpha value is -2.54. The first-order chi connectivity index (χ1) is 11.8. The molecule has 6 nitrogen and oxygen atoms in total. The Bertz CT molecular complexity index is 833. The Labute approximate surface area is 143 Å². The Balaban J connectivity index is 1.41. The molecule has 0 saturated carbocycles. The fourth-order valence-electron chi connectivity index (χ4n) is 2.70. The number of fused-ring (bicyclic) bond motifs is 1. The second kappa shape index (κ2) is 6.52. The summed E-state index contributed by atoms with van der Waals surface area (Å²) >= 11 is 1.49. The van der Waals surface area contributed by atoms with Crippen LogP contribution in [0.1, 0.15) is 39.1 Å². The van der Waals surface area contributed by atoms with Crippen molar-refractivity contribution < 1.29 is 9.21 Å². The van der Waals surface area contributed by atoms with Crippen molar-refractivity contribution in [1.29, 1.82) is 0 Å². The van der Waals surface area contributed by atoms with Crippen LogP contribution in [-0.4, -0.2) is 21.1 Å². The van der Waals surface area contributed by atoms with E-state index in [1.54, 1.807) is 0 Å². The lowest BCUT2D eigenvalue weighted by Gasteiger charge is -2.06. The molecule has 0 radical (unpaired) electrons. The first-order valence-electron chi connectivity index (χ1n) is 7.94. The predicted molar refractivity (Wildman–Crippen MR) is 89.7 cm³/mol. The summed E-state index contributed by atoms with van der Waals surface area (Å²) in [6.07, 6.45) is 4.34. The lowest BCUT2D eigenvalue weighted by molar-refractivity contribution is 0.0947. The Morgan fingerprint density at radius 2 is 2.00 bits per heavy atom. The van der Waals surface area contributed by atoms with Gasteiger partial charge in [-0.15, -0.1) is 21.5 Å². The number of hydrogen-bond acceptors (Lipinski definition) is 6. The summed E-state index contributed by atoms with van der Waals surface area (Å²) in [5.41, 5.74) is 1.94. The highest BCUT2D eigenvalue weighted by atomic mass is 32.1. The minimum Gasteiger partial charge on any atom is -0.419 e. The van der Waals surface area contributed by atoms with Crippen LogP contribution in [0.3, 0.4) is 0 Å². The van der Waals surface area contributed by atoms with Crippen molar-refractivity contribution in [1.82, 2.24) is 20.5 Å². The van der Waals surface area contributed by atoms with E-state index in [0.717, 1.165) is 30.5 Å². The van der Waals surface area contributed by atoms with Crippen molar-refractivity contribution >= 4 is 17.2 Å². The number of nitrogens with one attached hydrogen (secondary N) is 1. The van der Waals surface area contributed by atoms with E-state index in [1.807, 2.05) is 30.3 Å². The average Bonchev–Trinajstić information content (AvgIpc) is 3.27. The van der Waals surface area contributed by atoms with Crippen LogP contribution in [0.25, 0.3) is 11.5 Å². The SMILES string of the molecule is O=C(NCc1nnc(-c2ccccc2)o1)c1nc2c(s1)CCCC2. The molecule has 2 heterocycles. The third kappa shape index (κ3) is 3.07. The van der Waals surface area contributed by atoms with Crippen LogP contribution in [0.15, 0.2) is 34.7 Å². The van der Waals surface area contributed by atoms with Gasteiger partial charge in [-0.05, 0) is 37.8 Å². The number of amides is 1. The largest absolute Gasteiger partial charge is 0.419 e. The first kappa shape index (κ1) is 15.0. The standard InChI is InChI=1S/C17H16N4O2S/c22-15(17-19-12-8-4-5-9-13(12)24-17)18-10-14-20-21-16(23-14)11-6-2-1-3-7-11/h1-3,6-7H,4-5,8-10H2,(H,18,22). The number of aromatic nitrogens is 3. The second-order valence-electron chi connectivity index (χ2n) is 5.65. The number of thiazole rings is 1. The first-order valence-corrected chi connectivity index (χ1v) is 8.76. The molecule has 0 aliphatic heterocycles. The van der Waals surface area contributed by atoms with Crippen LogP contribution in [0.5, 0.6) is 0 Å². The normalized spacial score (nSPS) is 13.5. The van der Waals surface area contributed by atoms with Gasteiger partial charge in [-0.2, -0.15) is 0 Å². The molecule has 3 aromatic rings. The minimum absolute atomic E-state index is 0.186. The topological polar surface area (TPSA) is 80.9 Å². The van der Waals surface area contributed by atoms with Crippen LogP contribution >= 0.6 is 11.3 Å². The van der Waals surface area contributed by atoms with Gasteiger partial charge in [0.15, 0.2) is 5.01 Å². The van der Waals surface area contributed by atoms with Crippen LogP contribution in [0.2, 0.25) is 0 Å². The van der Waals surface area contributed by atoms with Gasteiger partial charge in [-0.3, -0.25) is 4.79 Å². The van der Waals surface area contributed by atoms with Crippen LogP contribution in [-0.2, 0) is 19.4 Å². The molecule has 7 heteroatoms. The Morgan fingerprint density at radius 3 is 2.83 bits per heavy atom. The monoisotopic (exact) mass is 340 g/mol. The summed E-state index contributed by atoms with van der Waals surface area (Å²) < 4.78 is 5.58. The molecule has 1 aromatic carbocycles. The molecule has 2 aromatic heterocycles. The van der Waals surface area contributed by atoms with Gasteiger partial charge in [0.2, 0.25) is 11.8 Å². The predicted octanol–water partition coefficient (Wildman–Crippen LogP) is 3.00. The molecule has 0 saturated heterocycles. The number of nitrogens with zero attached hydrogens (tertiary/aromatic N) is 3. The van der Waals surface area contributed by atoms with Crippen LogP contribution < -0.4 is 5.32 Å². The van der Waals surface area contributed by atoms with Gasteiger partial charge in [0.25, 0.3) is 5.91 Å². The molecule has 0 fully saturated rings. The lowest BCUT2D eigenvalue weighted by Crippen LogP contribution is -2.22. The molecule has 0 spiro atoms. The summed E-state index contributed by atoms with van der Waals surface area (Å²) in [7, 11) is 0. The maximum Gasteiger partial charge on any atom is 0.280 e. The maximum atomic E-state index is 12.3. The molecule has 1 aliphatic rings. The van der Waals surface area contributed by atoms with Gasteiger partial charge in [-0.1, -0.05) is 18.2 Å². The Morgan fingerprint density at radius 1 is 1.17 bits per heavy atom. The highest BCUT2D eigenvalue weighted by Gasteiger charge is 2.19. The van der Waals surface area contributed by atoms with Crippen molar-refractivity contribution in [3.8, 4) is 11.5 Å². The minimum atomic E-state index is -0.186. The fraction of sp³-hybridized carbons (Fsp3) is 0.294. The molecular formula is C17H16N4O2S. The third-order valence-electron chi connectivity index (χ3n) is 3.93. The van der Waals surface area contributed by atoms with E-state index in [0.29, 0.717) is 16.8 Å². The molecule has 1 amide bonds. The molecule has 4 rings (SSSR count). The van der Waals surface area contributed by atoms with Crippen molar-refractivity contribution in [2.45, 2.75) is 32.2 Å². The Kier molecular flexibility index (Phi) is 4.08. The lowest BCUT2D eigenvalue weighted by atomic mass is 10.0. The van der Waals surface area contributed by atoms with Gasteiger partial charge in [-0.25, -0.2) is 4.98 Å². The zero-order chi connectivity index (χ0) is 16.4. The highest BCUT2D eigenvalue weighted by molar-refractivity contribution is 7.13. The van der Waals surface area contributed by atoms with Gasteiger partial charge in [0.1, 0.15) is 0 Å². The molecule has 1 aliphatic carbocycles. The molecule has 0 atom stereocenters. The molecular weight excluding hydrogens is 324 g/mol. The number of carbonyl (C=O) groups is 1. The zero-order valence-electron chi connectivity index (χ0n) is 13.0. The van der Waals surface area contributed by atoms with Gasteiger partial charge in [0.05, 0.1) is 12.2 Å². The van der Waals surface area contributed by atoms with E-state index in [-0.39, 0.29) is 12.5 Å². The van der Waals surface area contributed by atoms with E-state index in [2.05, 4.69) is 20.5 Å². The molecule has 0 unspecified atom stereocenters. The molecule has 24 heavy (non-hydrogen) atoms. The van der Waals surface area contributed by atoms with E-state index in [1.165, 1.54) is 22.6 Å². The average molecular weight is 340 g/mol. The van der Waals surface area contributed by atoms with Crippen molar-refractivity contribution in [3.05, 3.63) is 51.8 Å². The summed E-state index contributed by atoms with van der Waals surface area (Å²) in [6.45, 7) is 0.197. The quantitative estimate of drug-likeness (QED) is 0.789. The van der Waals surface area contributed by atoms with Crippen LogP contribution in [0.4, 0.5) is 0 Å². The van der Waals surface area contributed by atoms with Crippen molar-refractivity contribution in [3.63, 3.8) is 0 Å². The number of aryl methyl sites for hydroxylation is 2. The number of carbonyl (C=O) groups excluding carboxylic acids is 1. The number of rotatable bonds is 4. The second-order valence-corrected chi connectivity index (χ2v) is 6.73. The van der Waals surface area contributed by atoms with E-state index in [4.69, 9.17) is 4.42 Å². The summed E-state index contributed by atoms with van der Waals surface area (Å²) in [6, 6.07) is 9.54. The third-order valence-corrected chi connectivity index (χ3v) is 5.08. The van der Waals surface area contributed by atoms with Gasteiger partial charge in [0, 0.05) is 10.4 Å². The van der Waals surface area contributed by atoms with Gasteiger partial charge >= 0.3 is 0 Å². The molecule has 122 valence electrons. The molecule has 1 N–H and O–H groups in total. The van der Waals surface area contributed by atoms with Crippen molar-refractivity contribution in [2.24, 2.45) is 0 Å². The van der Waals surface area contributed by atoms with Crippen LogP contribution in [0, 0.1) is 0 Å². The highest BCUT2D eigenvalue weighted by Crippen LogP contribution is 2.26. The zero-order valence-corrected chi connectivity index (χ0v) is 13.8.